The summed E-state index contributed by atoms with van der Waals surface area (Å²) in [6, 6.07) is 18.3. The molecule has 6 heteroatoms. The number of carbonyl (C=O) groups is 3. The van der Waals surface area contributed by atoms with Gasteiger partial charge in [0.15, 0.2) is 5.78 Å². The maximum Gasteiger partial charge on any atom is 0.251 e. The maximum absolute atomic E-state index is 12.9. The number of benzene rings is 2. The van der Waals surface area contributed by atoms with Gasteiger partial charge in [-0.05, 0) is 30.5 Å². The third-order valence-electron chi connectivity index (χ3n) is 5.90. The van der Waals surface area contributed by atoms with Gasteiger partial charge in [-0.3, -0.25) is 14.4 Å². The van der Waals surface area contributed by atoms with E-state index in [1.165, 1.54) is 0 Å². The van der Waals surface area contributed by atoms with Crippen LogP contribution in [0.4, 0.5) is 0 Å². The fourth-order valence-electron chi connectivity index (χ4n) is 4.01. The molecule has 1 aliphatic rings. The third kappa shape index (κ3) is 5.79. The van der Waals surface area contributed by atoms with Crippen LogP contribution in [0.1, 0.15) is 49.0 Å². The summed E-state index contributed by atoms with van der Waals surface area (Å²) in [6.45, 7) is 4.42. The van der Waals surface area contributed by atoms with Crippen LogP contribution in [0.3, 0.4) is 0 Å². The van der Waals surface area contributed by atoms with Gasteiger partial charge in [0, 0.05) is 23.9 Å². The van der Waals surface area contributed by atoms with Crippen LogP contribution in [0.25, 0.3) is 0 Å². The monoisotopic (exact) mass is 422 g/mol. The lowest BCUT2D eigenvalue weighted by molar-refractivity contribution is -0.127. The van der Waals surface area contributed by atoms with Crippen molar-refractivity contribution in [1.29, 1.82) is 0 Å². The van der Waals surface area contributed by atoms with E-state index in [2.05, 4.69) is 10.6 Å². The summed E-state index contributed by atoms with van der Waals surface area (Å²) in [5.41, 5.74) is 1.12. The zero-order valence-electron chi connectivity index (χ0n) is 18.1. The first-order chi connectivity index (χ1) is 14.9. The van der Waals surface area contributed by atoms with Crippen LogP contribution in [0.15, 0.2) is 60.7 Å². The van der Waals surface area contributed by atoms with Crippen molar-refractivity contribution in [2.75, 3.05) is 13.2 Å². The standard InChI is InChI=1S/C25H30N2O4/c1-3-21-23(20(28)17-31-21)27-22(29)16-25(2,19-12-8-5-9-13-19)14-15-26-24(30)18-10-6-4-7-11-18/h4-13,21,23H,3,14-17H2,1-2H3,(H,26,30)(H,27,29). The number of amides is 2. The minimum atomic E-state index is -0.588. The number of ether oxygens (including phenoxy) is 1. The quantitative estimate of drug-likeness (QED) is 0.651. The fourth-order valence-corrected chi connectivity index (χ4v) is 4.01. The Bertz CT molecular complexity index is 900. The largest absolute Gasteiger partial charge is 0.368 e. The Hall–Kier alpha value is -2.99. The van der Waals surface area contributed by atoms with E-state index in [4.69, 9.17) is 4.74 Å². The van der Waals surface area contributed by atoms with Crippen molar-refractivity contribution < 1.29 is 19.1 Å². The number of hydrogen-bond acceptors (Lipinski definition) is 4. The first-order valence-electron chi connectivity index (χ1n) is 10.8. The first-order valence-corrected chi connectivity index (χ1v) is 10.8. The lowest BCUT2D eigenvalue weighted by Gasteiger charge is -2.31. The number of hydrogen-bond donors (Lipinski definition) is 2. The Morgan fingerprint density at radius 1 is 1.06 bits per heavy atom. The molecule has 31 heavy (non-hydrogen) atoms. The van der Waals surface area contributed by atoms with Crippen LogP contribution < -0.4 is 10.6 Å². The Kier molecular flexibility index (Phi) is 7.58. The van der Waals surface area contributed by atoms with Gasteiger partial charge in [-0.25, -0.2) is 0 Å². The highest BCUT2D eigenvalue weighted by molar-refractivity contribution is 5.94. The smallest absolute Gasteiger partial charge is 0.251 e. The van der Waals surface area contributed by atoms with Crippen molar-refractivity contribution >= 4 is 17.6 Å². The van der Waals surface area contributed by atoms with Gasteiger partial charge < -0.3 is 15.4 Å². The molecule has 0 aliphatic carbocycles. The second-order valence-electron chi connectivity index (χ2n) is 8.24. The summed E-state index contributed by atoms with van der Waals surface area (Å²) in [7, 11) is 0. The molecule has 2 aromatic rings. The Morgan fingerprint density at radius 2 is 1.71 bits per heavy atom. The average Bonchev–Trinajstić information content (AvgIpc) is 3.14. The number of Topliss-reactive ketones (excluding diaryl/α,β-unsaturated/α-hetero) is 1. The second kappa shape index (κ2) is 10.4. The van der Waals surface area contributed by atoms with Crippen molar-refractivity contribution in [2.24, 2.45) is 0 Å². The van der Waals surface area contributed by atoms with Crippen LogP contribution in [-0.4, -0.2) is 42.9 Å². The van der Waals surface area contributed by atoms with Crippen LogP contribution in [0.2, 0.25) is 0 Å². The van der Waals surface area contributed by atoms with Crippen molar-refractivity contribution in [1.82, 2.24) is 10.6 Å². The predicted molar refractivity (Wildman–Crippen MR) is 119 cm³/mol. The summed E-state index contributed by atoms with van der Waals surface area (Å²) < 4.78 is 5.46. The Balaban J connectivity index is 1.66. The normalized spacial score (nSPS) is 20.1. The van der Waals surface area contributed by atoms with Gasteiger partial charge >= 0.3 is 0 Å². The molecule has 2 aromatic carbocycles. The highest BCUT2D eigenvalue weighted by atomic mass is 16.5. The lowest BCUT2D eigenvalue weighted by Crippen LogP contribution is -2.46. The van der Waals surface area contributed by atoms with E-state index in [9.17, 15) is 14.4 Å². The van der Waals surface area contributed by atoms with E-state index >= 15 is 0 Å². The van der Waals surface area contributed by atoms with Crippen molar-refractivity contribution in [2.45, 2.75) is 50.7 Å². The molecule has 0 radical (unpaired) electrons. The molecule has 2 N–H and O–H groups in total. The summed E-state index contributed by atoms with van der Waals surface area (Å²) >= 11 is 0. The highest BCUT2D eigenvalue weighted by Gasteiger charge is 2.37. The summed E-state index contributed by atoms with van der Waals surface area (Å²) in [6.07, 6.45) is 1.18. The maximum atomic E-state index is 12.9. The van der Waals surface area contributed by atoms with E-state index in [-0.39, 0.29) is 36.7 Å². The molecule has 164 valence electrons. The first kappa shape index (κ1) is 22.7. The molecular formula is C25H30N2O4. The zero-order valence-corrected chi connectivity index (χ0v) is 18.1. The molecule has 3 unspecified atom stereocenters. The Morgan fingerprint density at radius 3 is 2.35 bits per heavy atom. The zero-order chi connectivity index (χ0) is 22.3. The lowest BCUT2D eigenvalue weighted by atomic mass is 9.76. The molecule has 1 saturated heterocycles. The molecule has 2 amide bonds. The van der Waals surface area contributed by atoms with Crippen LogP contribution in [0, 0.1) is 0 Å². The van der Waals surface area contributed by atoms with Gasteiger partial charge in [0.25, 0.3) is 5.91 Å². The molecule has 0 saturated carbocycles. The minimum absolute atomic E-state index is 0.0466. The SMILES string of the molecule is CCC1OCC(=O)C1NC(=O)CC(C)(CCNC(=O)c1ccccc1)c1ccccc1. The molecule has 1 fully saturated rings. The van der Waals surface area contributed by atoms with E-state index in [0.717, 1.165) is 5.56 Å². The average molecular weight is 423 g/mol. The van der Waals surface area contributed by atoms with E-state index < -0.39 is 11.5 Å². The molecule has 3 atom stereocenters. The minimum Gasteiger partial charge on any atom is -0.368 e. The molecule has 0 aromatic heterocycles. The van der Waals surface area contributed by atoms with Crippen LogP contribution in [-0.2, 0) is 19.7 Å². The number of ketones is 1. The van der Waals surface area contributed by atoms with Gasteiger partial charge in [-0.2, -0.15) is 0 Å². The third-order valence-corrected chi connectivity index (χ3v) is 5.90. The van der Waals surface area contributed by atoms with E-state index in [1.807, 2.05) is 62.4 Å². The molecular weight excluding hydrogens is 392 g/mol. The highest BCUT2D eigenvalue weighted by Crippen LogP contribution is 2.31. The fraction of sp³-hybridized carbons (Fsp3) is 0.400. The van der Waals surface area contributed by atoms with Crippen LogP contribution in [0.5, 0.6) is 0 Å². The van der Waals surface area contributed by atoms with Gasteiger partial charge in [-0.15, -0.1) is 0 Å². The summed E-state index contributed by atoms with van der Waals surface area (Å²) in [5.74, 6) is -0.417. The molecule has 0 bridgehead atoms. The summed E-state index contributed by atoms with van der Waals surface area (Å²) in [5, 5.41) is 5.83. The van der Waals surface area contributed by atoms with Crippen LogP contribution >= 0.6 is 0 Å². The Labute approximate surface area is 183 Å². The van der Waals surface area contributed by atoms with E-state index in [1.54, 1.807) is 12.1 Å². The topological polar surface area (TPSA) is 84.5 Å². The molecule has 1 heterocycles. The number of nitrogens with one attached hydrogen (secondary N) is 2. The van der Waals surface area contributed by atoms with Gasteiger partial charge in [0.2, 0.25) is 5.91 Å². The van der Waals surface area contributed by atoms with Gasteiger partial charge in [-0.1, -0.05) is 62.4 Å². The van der Waals surface area contributed by atoms with Gasteiger partial charge in [0.1, 0.15) is 12.6 Å². The predicted octanol–water partition coefficient (Wildman–Crippen LogP) is 3.02. The molecule has 1 aliphatic heterocycles. The number of carbonyl (C=O) groups excluding carboxylic acids is 3. The second-order valence-corrected chi connectivity index (χ2v) is 8.24. The molecule has 6 nitrogen and oxygen atoms in total. The van der Waals surface area contributed by atoms with Crippen molar-refractivity contribution in [3.63, 3.8) is 0 Å². The molecule has 0 spiro atoms. The van der Waals surface area contributed by atoms with Crippen molar-refractivity contribution in [3.05, 3.63) is 71.8 Å². The number of rotatable bonds is 9. The molecule has 3 rings (SSSR count). The van der Waals surface area contributed by atoms with Gasteiger partial charge in [0.05, 0.1) is 6.10 Å². The summed E-state index contributed by atoms with van der Waals surface area (Å²) in [4.78, 5) is 37.4. The van der Waals surface area contributed by atoms with Crippen molar-refractivity contribution in [3.8, 4) is 0 Å². The van der Waals surface area contributed by atoms with E-state index in [0.29, 0.717) is 24.9 Å².